The molecule has 0 bridgehead atoms. The van der Waals surface area contributed by atoms with Crippen molar-refractivity contribution in [3.63, 3.8) is 0 Å². The number of halogens is 1. The third-order valence-electron chi connectivity index (χ3n) is 3.59. The van der Waals surface area contributed by atoms with Crippen LogP contribution in [0.3, 0.4) is 0 Å². The first-order chi connectivity index (χ1) is 12.8. The molecule has 3 aromatic rings. The smallest absolute Gasteiger partial charge is 0.258 e. The Labute approximate surface area is 160 Å². The summed E-state index contributed by atoms with van der Waals surface area (Å²) in [5.41, 5.74) is 0.539. The van der Waals surface area contributed by atoms with Crippen LogP contribution >= 0.6 is 11.6 Å². The molecular weight excluding hydrogens is 392 g/mol. The summed E-state index contributed by atoms with van der Waals surface area (Å²) < 4.78 is 29.9. The topological polar surface area (TPSA) is 103 Å². The van der Waals surface area contributed by atoms with E-state index in [0.29, 0.717) is 11.6 Å². The minimum atomic E-state index is -3.46. The molecule has 1 aromatic carbocycles. The number of sulfone groups is 1. The van der Waals surface area contributed by atoms with Crippen molar-refractivity contribution in [2.45, 2.75) is 4.90 Å². The van der Waals surface area contributed by atoms with Crippen molar-refractivity contribution < 1.29 is 17.9 Å². The molecular formula is C17H15ClN4O4S. The highest BCUT2D eigenvalue weighted by molar-refractivity contribution is 7.90. The number of pyridine rings is 1. The monoisotopic (exact) mass is 406 g/mol. The van der Waals surface area contributed by atoms with Gasteiger partial charge in [0, 0.05) is 23.2 Å². The molecule has 8 nitrogen and oxygen atoms in total. The molecule has 10 heteroatoms. The number of carbonyl (C=O) groups is 1. The first kappa shape index (κ1) is 18.9. The van der Waals surface area contributed by atoms with Gasteiger partial charge in [0.05, 0.1) is 30.0 Å². The molecule has 0 radical (unpaired) electrons. The van der Waals surface area contributed by atoms with Gasteiger partial charge in [0.1, 0.15) is 5.75 Å². The van der Waals surface area contributed by atoms with Gasteiger partial charge < -0.3 is 10.1 Å². The molecule has 0 spiro atoms. The number of anilines is 1. The van der Waals surface area contributed by atoms with E-state index in [-0.39, 0.29) is 21.2 Å². The van der Waals surface area contributed by atoms with Gasteiger partial charge in [0.25, 0.3) is 5.91 Å². The Morgan fingerprint density at radius 1 is 1.22 bits per heavy atom. The summed E-state index contributed by atoms with van der Waals surface area (Å²) in [5.74, 6) is 0.653. The van der Waals surface area contributed by atoms with Gasteiger partial charge >= 0.3 is 0 Å². The van der Waals surface area contributed by atoms with Crippen LogP contribution in [-0.2, 0) is 9.84 Å². The summed E-state index contributed by atoms with van der Waals surface area (Å²) in [4.78, 5) is 16.6. The molecule has 0 saturated carbocycles. The average molecular weight is 407 g/mol. The molecule has 0 aliphatic carbocycles. The SMILES string of the molecule is COc1ccc(-n2cc(C(=O)Nc3cc(Cl)cc(S(C)(=O)=O)c3)cn2)nc1. The summed E-state index contributed by atoms with van der Waals surface area (Å²) in [6.07, 6.45) is 5.49. The van der Waals surface area contributed by atoms with Crippen molar-refractivity contribution in [3.05, 3.63) is 59.5 Å². The number of aromatic nitrogens is 3. The van der Waals surface area contributed by atoms with Gasteiger partial charge in [-0.25, -0.2) is 18.1 Å². The number of ether oxygens (including phenoxy) is 1. The maximum absolute atomic E-state index is 12.4. The van der Waals surface area contributed by atoms with Crippen LogP contribution in [0.25, 0.3) is 5.82 Å². The van der Waals surface area contributed by atoms with Crippen molar-refractivity contribution >= 4 is 33.0 Å². The van der Waals surface area contributed by atoms with Crippen molar-refractivity contribution in [3.8, 4) is 11.6 Å². The van der Waals surface area contributed by atoms with E-state index in [1.165, 1.54) is 48.6 Å². The maximum Gasteiger partial charge on any atom is 0.258 e. The van der Waals surface area contributed by atoms with Gasteiger partial charge in [-0.3, -0.25) is 4.79 Å². The van der Waals surface area contributed by atoms with Gasteiger partial charge in [0.15, 0.2) is 15.7 Å². The van der Waals surface area contributed by atoms with Crippen molar-refractivity contribution in [2.24, 2.45) is 0 Å². The Hall–Kier alpha value is -2.91. The normalized spacial score (nSPS) is 11.2. The lowest BCUT2D eigenvalue weighted by Crippen LogP contribution is -2.12. The Bertz CT molecular complexity index is 1090. The van der Waals surface area contributed by atoms with E-state index in [1.54, 1.807) is 12.1 Å². The number of rotatable bonds is 5. The zero-order chi connectivity index (χ0) is 19.6. The van der Waals surface area contributed by atoms with Crippen molar-refractivity contribution in [2.75, 3.05) is 18.7 Å². The Balaban J connectivity index is 1.81. The average Bonchev–Trinajstić information content (AvgIpc) is 3.11. The third kappa shape index (κ3) is 4.44. The predicted octanol–water partition coefficient (Wildman–Crippen LogP) is 2.59. The van der Waals surface area contributed by atoms with Gasteiger partial charge in [-0.1, -0.05) is 11.6 Å². The van der Waals surface area contributed by atoms with Gasteiger partial charge in [-0.15, -0.1) is 0 Å². The van der Waals surface area contributed by atoms with Crippen LogP contribution in [0, 0.1) is 0 Å². The second-order valence-electron chi connectivity index (χ2n) is 5.63. The van der Waals surface area contributed by atoms with Crippen LogP contribution in [-0.4, -0.2) is 42.5 Å². The van der Waals surface area contributed by atoms with Crippen LogP contribution in [0.2, 0.25) is 5.02 Å². The Kier molecular flexibility index (Phi) is 5.15. The zero-order valence-electron chi connectivity index (χ0n) is 14.4. The molecule has 0 aliphatic heterocycles. The molecule has 0 fully saturated rings. The maximum atomic E-state index is 12.4. The molecule has 2 heterocycles. The van der Waals surface area contributed by atoms with Gasteiger partial charge in [-0.05, 0) is 30.3 Å². The largest absolute Gasteiger partial charge is 0.495 e. The molecule has 1 N–H and O–H groups in total. The number of nitrogens with one attached hydrogen (secondary N) is 1. The molecule has 0 atom stereocenters. The lowest BCUT2D eigenvalue weighted by atomic mass is 10.3. The minimum Gasteiger partial charge on any atom is -0.495 e. The fourth-order valence-electron chi connectivity index (χ4n) is 2.25. The summed E-state index contributed by atoms with van der Waals surface area (Å²) in [5, 5.41) is 6.92. The van der Waals surface area contributed by atoms with E-state index in [2.05, 4.69) is 15.4 Å². The molecule has 0 aliphatic rings. The number of carbonyl (C=O) groups excluding carboxylic acids is 1. The van der Waals surface area contributed by atoms with Crippen LogP contribution in [0.15, 0.2) is 53.8 Å². The molecule has 2 aromatic heterocycles. The van der Waals surface area contributed by atoms with E-state index in [1.807, 2.05) is 0 Å². The lowest BCUT2D eigenvalue weighted by Gasteiger charge is -2.07. The Morgan fingerprint density at radius 3 is 2.63 bits per heavy atom. The quantitative estimate of drug-likeness (QED) is 0.698. The predicted molar refractivity (Wildman–Crippen MR) is 100 cm³/mol. The number of hydrogen-bond acceptors (Lipinski definition) is 6. The van der Waals surface area contributed by atoms with Gasteiger partial charge in [-0.2, -0.15) is 5.10 Å². The fourth-order valence-corrected chi connectivity index (χ4v) is 3.23. The van der Waals surface area contributed by atoms with Gasteiger partial charge in [0.2, 0.25) is 0 Å². The molecule has 1 amide bonds. The summed E-state index contributed by atoms with van der Waals surface area (Å²) in [6, 6.07) is 7.55. The van der Waals surface area contributed by atoms with Crippen LogP contribution in [0.1, 0.15) is 10.4 Å². The second-order valence-corrected chi connectivity index (χ2v) is 8.08. The number of hydrogen-bond donors (Lipinski definition) is 1. The second kappa shape index (κ2) is 7.37. The molecule has 0 unspecified atom stereocenters. The first-order valence-corrected chi connectivity index (χ1v) is 9.90. The minimum absolute atomic E-state index is 0.0171. The summed E-state index contributed by atoms with van der Waals surface area (Å²) in [6.45, 7) is 0. The number of methoxy groups -OCH3 is 1. The highest BCUT2D eigenvalue weighted by Crippen LogP contribution is 2.23. The highest BCUT2D eigenvalue weighted by Gasteiger charge is 2.14. The molecule has 3 rings (SSSR count). The van der Waals surface area contributed by atoms with E-state index in [4.69, 9.17) is 16.3 Å². The van der Waals surface area contributed by atoms with Crippen LogP contribution in [0.5, 0.6) is 5.75 Å². The summed E-state index contributed by atoms with van der Waals surface area (Å²) >= 11 is 5.94. The zero-order valence-corrected chi connectivity index (χ0v) is 16.0. The number of benzene rings is 1. The lowest BCUT2D eigenvalue weighted by molar-refractivity contribution is 0.102. The Morgan fingerprint density at radius 2 is 2.00 bits per heavy atom. The number of amides is 1. The van der Waals surface area contributed by atoms with E-state index < -0.39 is 15.7 Å². The van der Waals surface area contributed by atoms with Crippen LogP contribution < -0.4 is 10.1 Å². The number of nitrogens with zero attached hydrogens (tertiary/aromatic N) is 3. The standard InChI is InChI=1S/C17H15ClN4O4S/c1-26-14-3-4-16(19-9-14)22-10-11(8-20-22)17(23)21-13-5-12(18)6-15(7-13)27(2,24)25/h3-10H,1-2H3,(H,21,23). The van der Waals surface area contributed by atoms with Crippen molar-refractivity contribution in [1.29, 1.82) is 0 Å². The first-order valence-electron chi connectivity index (χ1n) is 7.63. The molecule has 140 valence electrons. The van der Waals surface area contributed by atoms with Crippen LogP contribution in [0.4, 0.5) is 5.69 Å². The van der Waals surface area contributed by atoms with E-state index >= 15 is 0 Å². The summed E-state index contributed by atoms with van der Waals surface area (Å²) in [7, 11) is -1.92. The fraction of sp³-hybridized carbons (Fsp3) is 0.118. The highest BCUT2D eigenvalue weighted by atomic mass is 35.5. The van der Waals surface area contributed by atoms with E-state index in [9.17, 15) is 13.2 Å². The molecule has 27 heavy (non-hydrogen) atoms. The van der Waals surface area contributed by atoms with E-state index in [0.717, 1.165) is 6.26 Å². The third-order valence-corrected chi connectivity index (χ3v) is 4.90. The van der Waals surface area contributed by atoms with Crippen molar-refractivity contribution in [1.82, 2.24) is 14.8 Å². The molecule has 0 saturated heterocycles.